The maximum absolute atomic E-state index is 10.9. The van der Waals surface area contributed by atoms with Gasteiger partial charge in [-0.3, -0.25) is 9.89 Å². The molecule has 15 heavy (non-hydrogen) atoms. The summed E-state index contributed by atoms with van der Waals surface area (Å²) < 4.78 is 0. The molecule has 1 unspecified atom stereocenters. The normalized spacial score (nSPS) is 12.9. The maximum atomic E-state index is 10.9. The lowest BCUT2D eigenvalue weighted by atomic mass is 10.0. The second-order valence-electron chi connectivity index (χ2n) is 3.33. The third-order valence-electron chi connectivity index (χ3n) is 2.36. The second kappa shape index (κ2) is 3.55. The lowest BCUT2D eigenvalue weighted by Gasteiger charge is -2.03. The molecule has 0 aliphatic rings. The highest BCUT2D eigenvalue weighted by atomic mass is 35.5. The predicted octanol–water partition coefficient (Wildman–Crippen LogP) is 2.40. The Balaban J connectivity index is 2.67. The molecule has 0 saturated heterocycles. The van der Waals surface area contributed by atoms with Crippen LogP contribution in [0.1, 0.15) is 18.5 Å². The molecule has 0 amide bonds. The average Bonchev–Trinajstić information content (AvgIpc) is 2.61. The number of hydrogen-bond acceptors (Lipinski definition) is 2. The van der Waals surface area contributed by atoms with Crippen LogP contribution in [0.5, 0.6) is 0 Å². The van der Waals surface area contributed by atoms with Crippen molar-refractivity contribution in [1.29, 1.82) is 0 Å². The number of hydrogen-bond donors (Lipinski definition) is 2. The molecule has 1 heterocycles. The van der Waals surface area contributed by atoms with Crippen LogP contribution in [0.4, 0.5) is 0 Å². The Morgan fingerprint density at radius 1 is 1.60 bits per heavy atom. The first-order valence-electron chi connectivity index (χ1n) is 4.46. The Hall–Kier alpha value is -1.55. The molecule has 0 fully saturated rings. The number of nitrogens with zero attached hydrogens (tertiary/aromatic N) is 1. The number of carbonyl (C=O) groups is 1. The summed E-state index contributed by atoms with van der Waals surface area (Å²) in [6, 6.07) is 5.29. The van der Waals surface area contributed by atoms with Crippen LogP contribution in [0, 0.1) is 0 Å². The zero-order valence-corrected chi connectivity index (χ0v) is 8.75. The van der Waals surface area contributed by atoms with Crippen molar-refractivity contribution >= 4 is 28.5 Å². The zero-order chi connectivity index (χ0) is 11.0. The molecule has 0 aliphatic carbocycles. The minimum absolute atomic E-state index is 0.518. The van der Waals surface area contributed by atoms with E-state index in [1.54, 1.807) is 25.1 Å². The van der Waals surface area contributed by atoms with Crippen molar-refractivity contribution in [3.63, 3.8) is 0 Å². The van der Waals surface area contributed by atoms with Crippen LogP contribution in [0.3, 0.4) is 0 Å². The minimum atomic E-state index is -0.902. The Morgan fingerprint density at radius 3 is 3.00 bits per heavy atom. The highest BCUT2D eigenvalue weighted by Crippen LogP contribution is 2.29. The fourth-order valence-corrected chi connectivity index (χ4v) is 1.76. The number of fused-ring (bicyclic) bond motifs is 1. The molecule has 0 spiro atoms. The Morgan fingerprint density at radius 2 is 2.33 bits per heavy atom. The molecule has 1 aromatic heterocycles. The summed E-state index contributed by atoms with van der Waals surface area (Å²) in [6.07, 6.45) is 0. The summed E-state index contributed by atoms with van der Waals surface area (Å²) >= 11 is 6.00. The van der Waals surface area contributed by atoms with Crippen molar-refractivity contribution in [3.05, 3.63) is 28.9 Å². The highest BCUT2D eigenvalue weighted by molar-refractivity contribution is 6.35. The van der Waals surface area contributed by atoms with E-state index in [2.05, 4.69) is 10.2 Å². The number of rotatable bonds is 2. The second-order valence-corrected chi connectivity index (χ2v) is 3.74. The van der Waals surface area contributed by atoms with Crippen LogP contribution in [0.25, 0.3) is 10.9 Å². The number of nitrogens with one attached hydrogen (secondary N) is 1. The van der Waals surface area contributed by atoms with Crippen molar-refractivity contribution in [2.75, 3.05) is 0 Å². The summed E-state index contributed by atoms with van der Waals surface area (Å²) in [6.45, 7) is 1.60. The number of carboxylic acid groups (broad SMARTS) is 1. The molecular formula is C10H9ClN2O2. The molecule has 0 aliphatic heterocycles. The Kier molecular flexibility index (Phi) is 2.36. The lowest BCUT2D eigenvalue weighted by Crippen LogP contribution is -2.08. The third kappa shape index (κ3) is 1.57. The SMILES string of the molecule is CC(C(=O)O)c1[nH]nc2cccc(Cl)c12. The zero-order valence-electron chi connectivity index (χ0n) is 7.99. The number of H-pyrrole nitrogens is 1. The first-order chi connectivity index (χ1) is 7.11. The van der Waals surface area contributed by atoms with E-state index in [0.29, 0.717) is 21.6 Å². The first kappa shape index (κ1) is 9.98. The standard InChI is InChI=1S/C10H9ClN2O2/c1-5(10(14)15)9-8-6(11)3-2-4-7(8)12-13-9/h2-5H,1H3,(H,12,13)(H,14,15). The predicted molar refractivity (Wildman–Crippen MR) is 57.2 cm³/mol. The molecule has 78 valence electrons. The van der Waals surface area contributed by atoms with Crippen molar-refractivity contribution in [2.45, 2.75) is 12.8 Å². The topological polar surface area (TPSA) is 66.0 Å². The van der Waals surface area contributed by atoms with Crippen LogP contribution in [-0.4, -0.2) is 21.3 Å². The number of aliphatic carboxylic acids is 1. The smallest absolute Gasteiger partial charge is 0.312 e. The van der Waals surface area contributed by atoms with Gasteiger partial charge in [-0.15, -0.1) is 0 Å². The number of aromatic nitrogens is 2. The summed E-state index contributed by atoms with van der Waals surface area (Å²) in [5, 5.41) is 16.9. The van der Waals surface area contributed by atoms with Gasteiger partial charge in [0.1, 0.15) is 0 Å². The molecule has 2 rings (SSSR count). The Labute approximate surface area is 90.9 Å². The molecule has 5 heteroatoms. The summed E-state index contributed by atoms with van der Waals surface area (Å²) in [5.41, 5.74) is 1.23. The van der Waals surface area contributed by atoms with Crippen LogP contribution >= 0.6 is 11.6 Å². The van der Waals surface area contributed by atoms with E-state index in [1.165, 1.54) is 0 Å². The summed E-state index contributed by atoms with van der Waals surface area (Å²) in [4.78, 5) is 10.9. The van der Waals surface area contributed by atoms with Gasteiger partial charge in [0.25, 0.3) is 0 Å². The minimum Gasteiger partial charge on any atom is -0.481 e. The average molecular weight is 225 g/mol. The van der Waals surface area contributed by atoms with Gasteiger partial charge in [0.2, 0.25) is 0 Å². The van der Waals surface area contributed by atoms with E-state index in [0.717, 1.165) is 0 Å². The molecule has 0 bridgehead atoms. The highest BCUT2D eigenvalue weighted by Gasteiger charge is 2.20. The van der Waals surface area contributed by atoms with Crippen LogP contribution in [-0.2, 0) is 4.79 Å². The van der Waals surface area contributed by atoms with Gasteiger partial charge in [-0.05, 0) is 19.1 Å². The van der Waals surface area contributed by atoms with Crippen LogP contribution in [0.15, 0.2) is 18.2 Å². The molecular weight excluding hydrogens is 216 g/mol. The summed E-state index contributed by atoms with van der Waals surface area (Å²) in [5.74, 6) is -1.55. The van der Waals surface area contributed by atoms with Crippen LogP contribution in [0.2, 0.25) is 5.02 Å². The van der Waals surface area contributed by atoms with E-state index in [9.17, 15) is 4.79 Å². The molecule has 1 aromatic carbocycles. The largest absolute Gasteiger partial charge is 0.481 e. The fourth-order valence-electron chi connectivity index (χ4n) is 1.49. The van der Waals surface area contributed by atoms with E-state index in [4.69, 9.17) is 16.7 Å². The van der Waals surface area contributed by atoms with Gasteiger partial charge in [-0.25, -0.2) is 0 Å². The first-order valence-corrected chi connectivity index (χ1v) is 4.84. The molecule has 2 aromatic rings. The third-order valence-corrected chi connectivity index (χ3v) is 2.68. The monoisotopic (exact) mass is 224 g/mol. The lowest BCUT2D eigenvalue weighted by molar-refractivity contribution is -0.138. The molecule has 1 atom stereocenters. The quantitative estimate of drug-likeness (QED) is 0.823. The summed E-state index contributed by atoms with van der Waals surface area (Å²) in [7, 11) is 0. The van der Waals surface area contributed by atoms with Crippen molar-refractivity contribution in [3.8, 4) is 0 Å². The Bertz CT molecular complexity index is 521. The number of carboxylic acids is 1. The van der Waals surface area contributed by atoms with Gasteiger partial charge < -0.3 is 5.11 Å². The van der Waals surface area contributed by atoms with E-state index in [-0.39, 0.29) is 0 Å². The molecule has 0 radical (unpaired) electrons. The maximum Gasteiger partial charge on any atom is 0.312 e. The van der Waals surface area contributed by atoms with Crippen LogP contribution < -0.4 is 0 Å². The molecule has 0 saturated carbocycles. The van der Waals surface area contributed by atoms with Gasteiger partial charge in [0, 0.05) is 5.39 Å². The van der Waals surface area contributed by atoms with Crippen molar-refractivity contribution in [2.24, 2.45) is 0 Å². The van der Waals surface area contributed by atoms with Gasteiger partial charge >= 0.3 is 5.97 Å². The van der Waals surface area contributed by atoms with Gasteiger partial charge in [-0.2, -0.15) is 5.10 Å². The van der Waals surface area contributed by atoms with Gasteiger partial charge in [0.05, 0.1) is 22.2 Å². The number of aromatic amines is 1. The number of benzene rings is 1. The van der Waals surface area contributed by atoms with Crippen molar-refractivity contribution in [1.82, 2.24) is 10.2 Å². The van der Waals surface area contributed by atoms with Gasteiger partial charge in [0.15, 0.2) is 0 Å². The fraction of sp³-hybridized carbons (Fsp3) is 0.200. The number of halogens is 1. The van der Waals surface area contributed by atoms with Gasteiger partial charge in [-0.1, -0.05) is 17.7 Å². The van der Waals surface area contributed by atoms with E-state index in [1.807, 2.05) is 0 Å². The molecule has 2 N–H and O–H groups in total. The van der Waals surface area contributed by atoms with E-state index < -0.39 is 11.9 Å². The van der Waals surface area contributed by atoms with Crippen molar-refractivity contribution < 1.29 is 9.90 Å². The molecule has 4 nitrogen and oxygen atoms in total. The van der Waals surface area contributed by atoms with E-state index >= 15 is 0 Å².